The van der Waals surface area contributed by atoms with Crippen LogP contribution in [0.25, 0.3) is 0 Å². The zero-order chi connectivity index (χ0) is 14.5. The molecule has 2 rings (SSSR count). The number of hydrogen-bond acceptors (Lipinski definition) is 4. The van der Waals surface area contributed by atoms with Gasteiger partial charge in [0.15, 0.2) is 6.10 Å². The Bertz CT molecular complexity index is 475. The van der Waals surface area contributed by atoms with E-state index in [1.165, 1.54) is 0 Å². The Morgan fingerprint density at radius 2 is 2.15 bits per heavy atom. The van der Waals surface area contributed by atoms with E-state index in [0.29, 0.717) is 12.1 Å². The average Bonchev–Trinajstić information content (AvgIpc) is 2.45. The summed E-state index contributed by atoms with van der Waals surface area (Å²) in [6, 6.07) is 5.46. The molecule has 4 N–H and O–H groups in total. The Labute approximate surface area is 118 Å². The molecule has 0 spiro atoms. The first-order valence-corrected chi connectivity index (χ1v) is 6.96. The quantitative estimate of drug-likeness (QED) is 0.714. The van der Waals surface area contributed by atoms with Crippen molar-refractivity contribution in [2.45, 2.75) is 50.9 Å². The van der Waals surface area contributed by atoms with Gasteiger partial charge in [-0.3, -0.25) is 0 Å². The Hall–Kier alpha value is -1.59. The number of carboxylic acids is 1. The predicted molar refractivity (Wildman–Crippen MR) is 75.2 cm³/mol. The lowest BCUT2D eigenvalue weighted by Gasteiger charge is -2.27. The number of aryl methyl sites for hydroxylation is 1. The van der Waals surface area contributed by atoms with E-state index in [1.807, 2.05) is 12.1 Å². The molecule has 5 heteroatoms. The molecule has 1 saturated heterocycles. The van der Waals surface area contributed by atoms with Crippen LogP contribution < -0.4 is 5.73 Å². The highest BCUT2D eigenvalue weighted by atomic mass is 16.5. The van der Waals surface area contributed by atoms with E-state index < -0.39 is 12.1 Å². The molecule has 0 bridgehead atoms. The minimum Gasteiger partial charge on any atom is -0.479 e. The topological polar surface area (TPSA) is 92.8 Å². The van der Waals surface area contributed by atoms with E-state index in [2.05, 4.69) is 0 Å². The van der Waals surface area contributed by atoms with Crippen molar-refractivity contribution in [3.8, 4) is 0 Å². The molecule has 0 saturated carbocycles. The average molecular weight is 279 g/mol. The summed E-state index contributed by atoms with van der Waals surface area (Å²) in [5.41, 5.74) is 8.31. The van der Waals surface area contributed by atoms with Crippen molar-refractivity contribution in [2.24, 2.45) is 0 Å². The number of ether oxygens (including phenoxy) is 1. The lowest BCUT2D eigenvalue weighted by Crippen LogP contribution is -2.33. The zero-order valence-electron chi connectivity index (χ0n) is 11.4. The molecule has 1 fully saturated rings. The number of carboxylic acid groups (broad SMARTS) is 1. The summed E-state index contributed by atoms with van der Waals surface area (Å²) < 4.78 is 5.58. The summed E-state index contributed by atoms with van der Waals surface area (Å²) in [5, 5.41) is 18.3. The van der Waals surface area contributed by atoms with Crippen molar-refractivity contribution < 1.29 is 19.7 Å². The third kappa shape index (κ3) is 3.71. The number of carbonyl (C=O) groups is 1. The summed E-state index contributed by atoms with van der Waals surface area (Å²) in [7, 11) is 0. The van der Waals surface area contributed by atoms with Gasteiger partial charge in [-0.15, -0.1) is 0 Å². The highest BCUT2D eigenvalue weighted by Crippen LogP contribution is 2.24. The molecule has 0 amide bonds. The summed E-state index contributed by atoms with van der Waals surface area (Å²) in [5.74, 6) is -0.880. The van der Waals surface area contributed by atoms with Gasteiger partial charge in [0.1, 0.15) is 0 Å². The van der Waals surface area contributed by atoms with Crippen molar-refractivity contribution in [1.82, 2.24) is 0 Å². The molecule has 1 aliphatic rings. The van der Waals surface area contributed by atoms with Crippen LogP contribution in [0.2, 0.25) is 0 Å². The number of nitrogens with two attached hydrogens (primary N) is 1. The maximum absolute atomic E-state index is 10.9. The van der Waals surface area contributed by atoms with Gasteiger partial charge in [0.2, 0.25) is 0 Å². The number of rotatable bonds is 5. The fraction of sp³-hybridized carbons (Fsp3) is 0.533. The molecule has 20 heavy (non-hydrogen) atoms. The second-order valence-electron chi connectivity index (χ2n) is 5.24. The first-order chi connectivity index (χ1) is 9.60. The molecule has 1 aromatic carbocycles. The molecule has 110 valence electrons. The molecule has 2 atom stereocenters. The molecule has 0 aliphatic carbocycles. The molecule has 1 aromatic rings. The monoisotopic (exact) mass is 279 g/mol. The van der Waals surface area contributed by atoms with Gasteiger partial charge in [0, 0.05) is 5.69 Å². The van der Waals surface area contributed by atoms with Crippen molar-refractivity contribution >= 4 is 11.7 Å². The zero-order valence-corrected chi connectivity index (χ0v) is 11.4. The minimum atomic E-state index is -0.880. The summed E-state index contributed by atoms with van der Waals surface area (Å²) in [6.07, 6.45) is 3.14. The summed E-state index contributed by atoms with van der Waals surface area (Å²) in [4.78, 5) is 10.9. The molecule has 0 aromatic heterocycles. The maximum Gasteiger partial charge on any atom is 0.332 e. The number of aliphatic carboxylic acids is 1. The highest BCUT2D eigenvalue weighted by molar-refractivity contribution is 5.72. The smallest absolute Gasteiger partial charge is 0.332 e. The molecule has 1 aliphatic heterocycles. The van der Waals surface area contributed by atoms with Gasteiger partial charge >= 0.3 is 5.97 Å². The van der Waals surface area contributed by atoms with Crippen LogP contribution in [0.5, 0.6) is 0 Å². The standard InChI is InChI=1S/C15H21NO4/c16-12-6-4-11(9-17)10(8-12)5-7-13-2-1-3-14(20-13)15(18)19/h4,6,8,13-14,17H,1-3,5,7,9,16H2,(H,18,19). The molecule has 0 radical (unpaired) electrons. The van der Waals surface area contributed by atoms with Crippen LogP contribution in [-0.4, -0.2) is 28.4 Å². The number of nitrogen functional groups attached to an aromatic ring is 1. The summed E-state index contributed by atoms with van der Waals surface area (Å²) in [6.45, 7) is -0.0150. The number of aliphatic hydroxyl groups excluding tert-OH is 1. The number of hydrogen-bond donors (Lipinski definition) is 3. The van der Waals surface area contributed by atoms with Crippen molar-refractivity contribution in [2.75, 3.05) is 5.73 Å². The first-order valence-electron chi connectivity index (χ1n) is 6.96. The van der Waals surface area contributed by atoms with Crippen LogP contribution in [0.4, 0.5) is 5.69 Å². The third-order valence-electron chi connectivity index (χ3n) is 3.76. The first kappa shape index (κ1) is 14.8. The molecular formula is C15H21NO4. The number of anilines is 1. The van der Waals surface area contributed by atoms with Crippen LogP contribution in [0.15, 0.2) is 18.2 Å². The summed E-state index contributed by atoms with van der Waals surface area (Å²) >= 11 is 0. The molecular weight excluding hydrogens is 258 g/mol. The minimum absolute atomic E-state index is 0.0150. The number of benzene rings is 1. The van der Waals surface area contributed by atoms with Gasteiger partial charge in [0.25, 0.3) is 0 Å². The Balaban J connectivity index is 1.95. The number of aliphatic hydroxyl groups is 1. The highest BCUT2D eigenvalue weighted by Gasteiger charge is 2.27. The van der Waals surface area contributed by atoms with Crippen LogP contribution in [0.1, 0.15) is 36.8 Å². The van der Waals surface area contributed by atoms with Gasteiger partial charge in [-0.05, 0) is 55.4 Å². The van der Waals surface area contributed by atoms with Crippen LogP contribution in [-0.2, 0) is 22.6 Å². The second kappa shape index (κ2) is 6.72. The molecule has 2 unspecified atom stereocenters. The SMILES string of the molecule is Nc1ccc(CO)c(CCC2CCCC(C(=O)O)O2)c1. The van der Waals surface area contributed by atoms with Crippen LogP contribution >= 0.6 is 0 Å². The van der Waals surface area contributed by atoms with E-state index in [9.17, 15) is 9.90 Å². The van der Waals surface area contributed by atoms with E-state index in [4.69, 9.17) is 15.6 Å². The second-order valence-corrected chi connectivity index (χ2v) is 5.24. The van der Waals surface area contributed by atoms with E-state index in [1.54, 1.807) is 6.07 Å². The Kier molecular flexibility index (Phi) is 4.98. The molecule has 5 nitrogen and oxygen atoms in total. The predicted octanol–water partition coefficient (Wildman–Crippen LogP) is 1.72. The van der Waals surface area contributed by atoms with Gasteiger partial charge in [-0.25, -0.2) is 4.79 Å². The fourth-order valence-corrected chi connectivity index (χ4v) is 2.64. The third-order valence-corrected chi connectivity index (χ3v) is 3.76. The van der Waals surface area contributed by atoms with E-state index in [-0.39, 0.29) is 12.7 Å². The Morgan fingerprint density at radius 3 is 2.85 bits per heavy atom. The van der Waals surface area contributed by atoms with Gasteiger partial charge in [-0.1, -0.05) is 6.07 Å². The van der Waals surface area contributed by atoms with Gasteiger partial charge < -0.3 is 20.7 Å². The van der Waals surface area contributed by atoms with Crippen molar-refractivity contribution in [3.05, 3.63) is 29.3 Å². The maximum atomic E-state index is 10.9. The van der Waals surface area contributed by atoms with E-state index in [0.717, 1.165) is 36.8 Å². The van der Waals surface area contributed by atoms with Crippen LogP contribution in [0, 0.1) is 0 Å². The normalized spacial score (nSPS) is 22.6. The Morgan fingerprint density at radius 1 is 1.35 bits per heavy atom. The lowest BCUT2D eigenvalue weighted by molar-refractivity contribution is -0.159. The van der Waals surface area contributed by atoms with Crippen molar-refractivity contribution in [1.29, 1.82) is 0 Å². The lowest BCUT2D eigenvalue weighted by atomic mass is 9.96. The van der Waals surface area contributed by atoms with Gasteiger partial charge in [-0.2, -0.15) is 0 Å². The fourth-order valence-electron chi connectivity index (χ4n) is 2.64. The van der Waals surface area contributed by atoms with Gasteiger partial charge in [0.05, 0.1) is 12.7 Å². The van der Waals surface area contributed by atoms with Crippen LogP contribution in [0.3, 0.4) is 0 Å². The van der Waals surface area contributed by atoms with Crippen molar-refractivity contribution in [3.63, 3.8) is 0 Å². The molecule has 1 heterocycles. The largest absolute Gasteiger partial charge is 0.479 e. The van der Waals surface area contributed by atoms with E-state index >= 15 is 0 Å².